The molecule has 17 heavy (non-hydrogen) atoms. The van der Waals surface area contributed by atoms with E-state index >= 15 is 0 Å². The van der Waals surface area contributed by atoms with E-state index < -0.39 is 10.0 Å². The minimum Gasteiger partial charge on any atom is -0.281 e. The Morgan fingerprint density at radius 3 is 2.59 bits per heavy atom. The predicted molar refractivity (Wildman–Crippen MR) is 70.7 cm³/mol. The Kier molecular flexibility index (Phi) is 5.15. The third kappa shape index (κ3) is 3.79. The van der Waals surface area contributed by atoms with Crippen LogP contribution in [-0.4, -0.2) is 30.0 Å². The second kappa shape index (κ2) is 5.97. The Morgan fingerprint density at radius 2 is 2.18 bits per heavy atom. The highest BCUT2D eigenvalue weighted by Crippen LogP contribution is 2.15. The second-order valence-electron chi connectivity index (χ2n) is 4.31. The number of alkyl halides is 1. The Bertz CT molecular complexity index is 456. The van der Waals surface area contributed by atoms with Gasteiger partial charge in [0.05, 0.1) is 11.9 Å². The number of hydrogen-bond acceptors (Lipinski definition) is 3. The standard InChI is InChI=1S/C10H18BrN3O2S/c1-7(2)9(4-5-11)14-17(15,16)10-6-12-13-8(10)3/h6-7,9,14H,4-5H2,1-3H3,(H,12,13). The van der Waals surface area contributed by atoms with Crippen LogP contribution in [0.2, 0.25) is 0 Å². The number of aromatic nitrogens is 2. The van der Waals surface area contributed by atoms with Gasteiger partial charge in [0, 0.05) is 11.4 Å². The van der Waals surface area contributed by atoms with Crippen molar-refractivity contribution >= 4 is 26.0 Å². The maximum absolute atomic E-state index is 12.1. The van der Waals surface area contributed by atoms with Crippen molar-refractivity contribution in [1.82, 2.24) is 14.9 Å². The van der Waals surface area contributed by atoms with Crippen molar-refractivity contribution in [3.8, 4) is 0 Å². The fourth-order valence-electron chi connectivity index (χ4n) is 1.52. The smallest absolute Gasteiger partial charge is 0.244 e. The lowest BCUT2D eigenvalue weighted by atomic mass is 10.0. The molecule has 0 bridgehead atoms. The van der Waals surface area contributed by atoms with Crippen LogP contribution in [0, 0.1) is 12.8 Å². The van der Waals surface area contributed by atoms with Gasteiger partial charge in [0.1, 0.15) is 4.90 Å². The predicted octanol–water partition coefficient (Wildman–Crippen LogP) is 1.81. The molecule has 1 aromatic rings. The normalized spacial score (nSPS) is 14.2. The average Bonchev–Trinajstić information content (AvgIpc) is 2.64. The first-order chi connectivity index (χ1) is 7.88. The van der Waals surface area contributed by atoms with Crippen molar-refractivity contribution in [3.63, 3.8) is 0 Å². The zero-order chi connectivity index (χ0) is 13.1. The van der Waals surface area contributed by atoms with E-state index in [4.69, 9.17) is 0 Å². The summed E-state index contributed by atoms with van der Waals surface area (Å²) < 4.78 is 27.0. The Labute approximate surface area is 111 Å². The molecule has 0 fully saturated rings. The van der Waals surface area contributed by atoms with Crippen molar-refractivity contribution in [3.05, 3.63) is 11.9 Å². The first kappa shape index (κ1) is 14.7. The summed E-state index contributed by atoms with van der Waals surface area (Å²) in [5.41, 5.74) is 0.554. The van der Waals surface area contributed by atoms with Gasteiger partial charge in [-0.05, 0) is 19.3 Å². The molecule has 2 N–H and O–H groups in total. The van der Waals surface area contributed by atoms with Gasteiger partial charge in [0.15, 0.2) is 0 Å². The monoisotopic (exact) mass is 323 g/mol. The van der Waals surface area contributed by atoms with Crippen molar-refractivity contribution in [1.29, 1.82) is 0 Å². The molecular weight excluding hydrogens is 306 g/mol. The van der Waals surface area contributed by atoms with E-state index in [1.54, 1.807) is 6.92 Å². The van der Waals surface area contributed by atoms with E-state index in [2.05, 4.69) is 30.8 Å². The summed E-state index contributed by atoms with van der Waals surface area (Å²) in [4.78, 5) is 0.220. The summed E-state index contributed by atoms with van der Waals surface area (Å²) in [5, 5.41) is 7.13. The number of rotatable bonds is 6. The topological polar surface area (TPSA) is 74.8 Å². The van der Waals surface area contributed by atoms with Gasteiger partial charge in [-0.15, -0.1) is 0 Å². The first-order valence-corrected chi connectivity index (χ1v) is 8.07. The zero-order valence-corrected chi connectivity index (χ0v) is 12.6. The number of H-pyrrole nitrogens is 1. The molecule has 1 atom stereocenters. The number of nitrogens with one attached hydrogen (secondary N) is 2. The number of halogens is 1. The molecule has 0 radical (unpaired) electrons. The van der Waals surface area contributed by atoms with Crippen LogP contribution in [0.5, 0.6) is 0 Å². The van der Waals surface area contributed by atoms with Gasteiger partial charge < -0.3 is 0 Å². The number of aromatic amines is 1. The summed E-state index contributed by atoms with van der Waals surface area (Å²) in [6.45, 7) is 5.69. The molecule has 1 aromatic heterocycles. The van der Waals surface area contributed by atoms with Crippen molar-refractivity contribution in [2.75, 3.05) is 5.33 Å². The first-order valence-electron chi connectivity index (χ1n) is 5.46. The molecule has 0 aliphatic heterocycles. The van der Waals surface area contributed by atoms with Crippen LogP contribution in [0.15, 0.2) is 11.1 Å². The van der Waals surface area contributed by atoms with E-state index in [0.717, 1.165) is 11.8 Å². The maximum atomic E-state index is 12.1. The molecule has 5 nitrogen and oxygen atoms in total. The van der Waals surface area contributed by atoms with E-state index in [1.165, 1.54) is 6.20 Å². The molecule has 0 aliphatic rings. The summed E-state index contributed by atoms with van der Waals surface area (Å²) in [5.74, 6) is 0.245. The molecule has 7 heteroatoms. The minimum absolute atomic E-state index is 0.0753. The number of nitrogens with zero attached hydrogens (tertiary/aromatic N) is 1. The van der Waals surface area contributed by atoms with Crippen molar-refractivity contribution in [2.24, 2.45) is 5.92 Å². The van der Waals surface area contributed by atoms with Gasteiger partial charge in [0.2, 0.25) is 10.0 Å². The highest BCUT2D eigenvalue weighted by Gasteiger charge is 2.24. The fourth-order valence-corrected chi connectivity index (χ4v) is 3.57. The maximum Gasteiger partial charge on any atom is 0.244 e. The molecule has 0 saturated heterocycles. The minimum atomic E-state index is -3.48. The SMILES string of the molecule is Cc1[nH]ncc1S(=O)(=O)NC(CCBr)C(C)C. The highest BCUT2D eigenvalue weighted by molar-refractivity contribution is 9.09. The molecule has 0 saturated carbocycles. The van der Waals surface area contributed by atoms with E-state index in [1.807, 2.05) is 13.8 Å². The lowest BCUT2D eigenvalue weighted by Crippen LogP contribution is -2.38. The molecule has 1 unspecified atom stereocenters. The Morgan fingerprint density at radius 1 is 1.53 bits per heavy atom. The zero-order valence-electron chi connectivity index (χ0n) is 10.2. The number of hydrogen-bond donors (Lipinski definition) is 2. The van der Waals surface area contributed by atoms with Crippen molar-refractivity contribution < 1.29 is 8.42 Å². The largest absolute Gasteiger partial charge is 0.281 e. The van der Waals surface area contributed by atoms with Gasteiger partial charge in [0.25, 0.3) is 0 Å². The van der Waals surface area contributed by atoms with E-state index in [0.29, 0.717) is 5.69 Å². The van der Waals surface area contributed by atoms with Crippen molar-refractivity contribution in [2.45, 2.75) is 38.1 Å². The van der Waals surface area contributed by atoms with Crippen LogP contribution >= 0.6 is 15.9 Å². The number of sulfonamides is 1. The van der Waals surface area contributed by atoms with Crippen LogP contribution in [0.1, 0.15) is 26.0 Å². The summed E-state index contributed by atoms with van der Waals surface area (Å²) in [6.07, 6.45) is 2.09. The van der Waals surface area contributed by atoms with Gasteiger partial charge in [-0.1, -0.05) is 29.8 Å². The summed E-state index contributed by atoms with van der Waals surface area (Å²) in [7, 11) is -3.48. The molecule has 0 amide bonds. The Balaban J connectivity index is 2.89. The second-order valence-corrected chi connectivity index (χ2v) is 6.78. The van der Waals surface area contributed by atoms with Gasteiger partial charge in [-0.25, -0.2) is 13.1 Å². The lowest BCUT2D eigenvalue weighted by molar-refractivity contribution is 0.440. The molecule has 98 valence electrons. The molecule has 1 rings (SSSR count). The summed E-state index contributed by atoms with van der Waals surface area (Å²) in [6, 6.07) is -0.0753. The summed E-state index contributed by atoms with van der Waals surface area (Å²) >= 11 is 3.34. The fraction of sp³-hybridized carbons (Fsp3) is 0.700. The average molecular weight is 324 g/mol. The quantitative estimate of drug-likeness (QED) is 0.784. The third-order valence-electron chi connectivity index (χ3n) is 2.60. The van der Waals surface area contributed by atoms with Gasteiger partial charge in [-0.2, -0.15) is 5.10 Å². The van der Waals surface area contributed by atoms with Crippen LogP contribution < -0.4 is 4.72 Å². The highest BCUT2D eigenvalue weighted by atomic mass is 79.9. The van der Waals surface area contributed by atoms with Gasteiger partial charge >= 0.3 is 0 Å². The molecule has 0 spiro atoms. The van der Waals surface area contributed by atoms with Crippen LogP contribution in [-0.2, 0) is 10.0 Å². The van der Waals surface area contributed by atoms with Crippen LogP contribution in [0.25, 0.3) is 0 Å². The Hall–Kier alpha value is -0.400. The van der Waals surface area contributed by atoms with Crippen LogP contribution in [0.3, 0.4) is 0 Å². The molecule has 0 aliphatic carbocycles. The number of aryl methyl sites for hydroxylation is 1. The van der Waals surface area contributed by atoms with E-state index in [-0.39, 0.29) is 16.9 Å². The molecular formula is C10H18BrN3O2S. The van der Waals surface area contributed by atoms with E-state index in [9.17, 15) is 8.42 Å². The van der Waals surface area contributed by atoms with Crippen LogP contribution in [0.4, 0.5) is 0 Å². The lowest BCUT2D eigenvalue weighted by Gasteiger charge is -2.21. The molecule has 1 heterocycles. The van der Waals surface area contributed by atoms with Gasteiger partial charge in [-0.3, -0.25) is 5.10 Å². The third-order valence-corrected chi connectivity index (χ3v) is 4.67. The molecule has 0 aromatic carbocycles.